The Balaban J connectivity index is 3.43. The van der Waals surface area contributed by atoms with Gasteiger partial charge in [-0.2, -0.15) is 0 Å². The molecule has 0 bridgehead atoms. The van der Waals surface area contributed by atoms with Gasteiger partial charge >= 0.3 is 0 Å². The molecule has 72 valence electrons. The van der Waals surface area contributed by atoms with E-state index in [2.05, 4.69) is 15.9 Å². The van der Waals surface area contributed by atoms with Crippen LogP contribution in [-0.2, 0) is 5.60 Å². The second kappa shape index (κ2) is 3.31. The topological polar surface area (TPSA) is 40.5 Å². The predicted molar refractivity (Wildman–Crippen MR) is 55.8 cm³/mol. The Morgan fingerprint density at radius 3 is 2.23 bits per heavy atom. The molecule has 0 radical (unpaired) electrons. The van der Waals surface area contributed by atoms with E-state index in [4.69, 9.17) is 0 Å². The molecule has 1 aromatic carbocycles. The zero-order valence-corrected chi connectivity index (χ0v) is 9.51. The van der Waals surface area contributed by atoms with Crippen LogP contribution in [0.3, 0.4) is 0 Å². The Bertz CT molecular complexity index is 326. The Labute approximate surface area is 86.3 Å². The van der Waals surface area contributed by atoms with Crippen molar-refractivity contribution in [2.24, 2.45) is 0 Å². The number of phenols is 1. The highest BCUT2D eigenvalue weighted by Gasteiger charge is 2.23. The van der Waals surface area contributed by atoms with Gasteiger partial charge in [-0.05, 0) is 38.5 Å². The molecule has 0 saturated heterocycles. The molecule has 0 aliphatic rings. The van der Waals surface area contributed by atoms with E-state index in [0.717, 1.165) is 10.0 Å². The summed E-state index contributed by atoms with van der Waals surface area (Å²) >= 11 is 3.35. The van der Waals surface area contributed by atoms with Gasteiger partial charge in [0.15, 0.2) is 0 Å². The summed E-state index contributed by atoms with van der Waals surface area (Å²) in [4.78, 5) is 0. The maximum absolute atomic E-state index is 9.79. The van der Waals surface area contributed by atoms with Crippen LogP contribution in [0, 0.1) is 6.92 Å². The number of aromatic hydroxyl groups is 1. The third-order valence-electron chi connectivity index (χ3n) is 1.99. The quantitative estimate of drug-likeness (QED) is 0.798. The zero-order chi connectivity index (χ0) is 10.2. The van der Waals surface area contributed by atoms with Crippen LogP contribution in [0.15, 0.2) is 16.6 Å². The Morgan fingerprint density at radius 2 is 1.85 bits per heavy atom. The fourth-order valence-electron chi connectivity index (χ4n) is 1.44. The van der Waals surface area contributed by atoms with Gasteiger partial charge in [-0.15, -0.1) is 0 Å². The lowest BCUT2D eigenvalue weighted by molar-refractivity contribution is 0.0750. The molecule has 0 heterocycles. The molecule has 0 fully saturated rings. The maximum Gasteiger partial charge on any atom is 0.121 e. The minimum atomic E-state index is -1.02. The van der Waals surface area contributed by atoms with E-state index < -0.39 is 5.60 Å². The van der Waals surface area contributed by atoms with E-state index in [1.165, 1.54) is 0 Å². The van der Waals surface area contributed by atoms with Crippen LogP contribution in [0.2, 0.25) is 0 Å². The first-order valence-electron chi connectivity index (χ1n) is 4.05. The van der Waals surface area contributed by atoms with Gasteiger partial charge in [0, 0.05) is 10.0 Å². The monoisotopic (exact) mass is 244 g/mol. The van der Waals surface area contributed by atoms with Gasteiger partial charge in [0.25, 0.3) is 0 Å². The molecule has 1 rings (SSSR count). The second-order valence-electron chi connectivity index (χ2n) is 3.63. The van der Waals surface area contributed by atoms with E-state index in [1.54, 1.807) is 26.0 Å². The first-order chi connectivity index (χ1) is 5.84. The van der Waals surface area contributed by atoms with Gasteiger partial charge in [0.1, 0.15) is 5.75 Å². The van der Waals surface area contributed by atoms with E-state index in [9.17, 15) is 10.2 Å². The molecule has 0 aliphatic heterocycles. The van der Waals surface area contributed by atoms with Gasteiger partial charge in [-0.25, -0.2) is 0 Å². The molecule has 0 atom stereocenters. The number of hydrogen-bond donors (Lipinski definition) is 2. The van der Waals surface area contributed by atoms with Crippen LogP contribution < -0.4 is 0 Å². The fourth-order valence-corrected chi connectivity index (χ4v) is 1.77. The third-order valence-corrected chi connectivity index (χ3v) is 2.85. The van der Waals surface area contributed by atoms with Crippen molar-refractivity contribution in [3.8, 4) is 5.75 Å². The summed E-state index contributed by atoms with van der Waals surface area (Å²) in [5, 5.41) is 19.4. The number of halogens is 1. The van der Waals surface area contributed by atoms with Gasteiger partial charge in [-0.3, -0.25) is 0 Å². The molecular formula is C10H13BrO2. The van der Waals surface area contributed by atoms with Crippen molar-refractivity contribution in [1.82, 2.24) is 0 Å². The number of benzene rings is 1. The number of hydrogen-bond acceptors (Lipinski definition) is 2. The first-order valence-corrected chi connectivity index (χ1v) is 4.84. The minimum Gasteiger partial charge on any atom is -0.508 e. The third kappa shape index (κ3) is 2.03. The van der Waals surface area contributed by atoms with Crippen molar-refractivity contribution in [2.75, 3.05) is 0 Å². The van der Waals surface area contributed by atoms with Crippen LogP contribution >= 0.6 is 15.9 Å². The first kappa shape index (κ1) is 10.5. The van der Waals surface area contributed by atoms with Crippen molar-refractivity contribution in [1.29, 1.82) is 0 Å². The minimum absolute atomic E-state index is 0.133. The lowest BCUT2D eigenvalue weighted by Gasteiger charge is -2.22. The summed E-state index contributed by atoms with van der Waals surface area (Å²) in [5.41, 5.74) is 0.423. The molecule has 0 amide bonds. The van der Waals surface area contributed by atoms with Gasteiger partial charge < -0.3 is 10.2 Å². The lowest BCUT2D eigenvalue weighted by atomic mass is 9.93. The summed E-state index contributed by atoms with van der Waals surface area (Å²) < 4.78 is 0.891. The van der Waals surface area contributed by atoms with E-state index in [-0.39, 0.29) is 5.75 Å². The van der Waals surface area contributed by atoms with Crippen molar-refractivity contribution in [3.05, 3.63) is 27.7 Å². The molecular weight excluding hydrogens is 232 g/mol. The van der Waals surface area contributed by atoms with E-state index >= 15 is 0 Å². The van der Waals surface area contributed by atoms with E-state index in [0.29, 0.717) is 5.56 Å². The second-order valence-corrected chi connectivity index (χ2v) is 4.48. The normalized spacial score (nSPS) is 11.8. The molecule has 0 aromatic heterocycles. The summed E-state index contributed by atoms with van der Waals surface area (Å²) in [6, 6.07) is 3.34. The van der Waals surface area contributed by atoms with Crippen molar-refractivity contribution in [2.45, 2.75) is 26.4 Å². The zero-order valence-electron chi connectivity index (χ0n) is 7.93. The molecule has 0 aliphatic carbocycles. The smallest absolute Gasteiger partial charge is 0.121 e. The lowest BCUT2D eigenvalue weighted by Crippen LogP contribution is -2.17. The molecule has 2 N–H and O–H groups in total. The molecule has 0 unspecified atom stereocenters. The molecule has 0 saturated carbocycles. The van der Waals surface area contributed by atoms with Crippen LogP contribution in [0.25, 0.3) is 0 Å². The van der Waals surface area contributed by atoms with Crippen molar-refractivity contribution in [3.63, 3.8) is 0 Å². The predicted octanol–water partition coefficient (Wildman–Crippen LogP) is 2.69. The summed E-state index contributed by atoms with van der Waals surface area (Å²) in [5.74, 6) is 0.133. The summed E-state index contributed by atoms with van der Waals surface area (Å²) in [6.07, 6.45) is 0. The largest absolute Gasteiger partial charge is 0.508 e. The average molecular weight is 245 g/mol. The van der Waals surface area contributed by atoms with Gasteiger partial charge in [-0.1, -0.05) is 15.9 Å². The number of rotatable bonds is 1. The summed E-state index contributed by atoms with van der Waals surface area (Å²) in [6.45, 7) is 5.17. The molecule has 3 heteroatoms. The number of phenolic OH excluding ortho intramolecular Hbond substituents is 1. The van der Waals surface area contributed by atoms with Crippen LogP contribution in [0.1, 0.15) is 25.0 Å². The standard InChI is InChI=1S/C10H13BrO2/c1-6-7(11)4-5-8(12)9(6)10(2,3)13/h4-5,12-13H,1-3H3. The maximum atomic E-state index is 9.79. The van der Waals surface area contributed by atoms with Gasteiger partial charge in [0.05, 0.1) is 5.60 Å². The van der Waals surface area contributed by atoms with Crippen molar-refractivity contribution < 1.29 is 10.2 Å². The Kier molecular flexibility index (Phi) is 2.68. The highest BCUT2D eigenvalue weighted by Crippen LogP contribution is 2.35. The highest BCUT2D eigenvalue weighted by atomic mass is 79.9. The highest BCUT2D eigenvalue weighted by molar-refractivity contribution is 9.10. The molecule has 2 nitrogen and oxygen atoms in total. The van der Waals surface area contributed by atoms with E-state index in [1.807, 2.05) is 6.92 Å². The van der Waals surface area contributed by atoms with Crippen LogP contribution in [-0.4, -0.2) is 10.2 Å². The number of aliphatic hydroxyl groups is 1. The van der Waals surface area contributed by atoms with Crippen molar-refractivity contribution >= 4 is 15.9 Å². The Morgan fingerprint density at radius 1 is 1.31 bits per heavy atom. The van der Waals surface area contributed by atoms with Gasteiger partial charge in [0.2, 0.25) is 0 Å². The fraction of sp³-hybridized carbons (Fsp3) is 0.400. The Hall–Kier alpha value is -0.540. The molecule has 0 spiro atoms. The SMILES string of the molecule is Cc1c(Br)ccc(O)c1C(C)(C)O. The molecule has 13 heavy (non-hydrogen) atoms. The molecule has 1 aromatic rings. The van der Waals surface area contributed by atoms with Crippen LogP contribution in [0.5, 0.6) is 5.75 Å². The average Bonchev–Trinajstić information content (AvgIpc) is 1.95. The van der Waals surface area contributed by atoms with Crippen LogP contribution in [0.4, 0.5) is 0 Å². The summed E-state index contributed by atoms with van der Waals surface area (Å²) in [7, 11) is 0.